The Hall–Kier alpha value is -1.03. The second-order valence-corrected chi connectivity index (χ2v) is 1.68. The highest BCUT2D eigenvalue weighted by Crippen LogP contribution is 1.95. The Balaban J connectivity index is 4.02. The van der Waals surface area contributed by atoms with Crippen LogP contribution < -0.4 is 0 Å². The smallest absolute Gasteiger partial charge is 0.0988 e. The topological polar surface area (TPSA) is 23.8 Å². The quantitative estimate of drug-likeness (QED) is 0.406. The molecule has 0 heterocycles. The summed E-state index contributed by atoms with van der Waals surface area (Å²) in [6, 6.07) is 2.08. The molecule has 0 N–H and O–H groups in total. The fourth-order valence-corrected chi connectivity index (χ4v) is 0.550. The summed E-state index contributed by atoms with van der Waals surface area (Å²) in [5.74, 6) is 0. The van der Waals surface area contributed by atoms with E-state index in [0.717, 1.165) is 12.0 Å². The number of nitrogens with zero attached hydrogens (tertiary/aromatic N) is 1. The van der Waals surface area contributed by atoms with Gasteiger partial charge in [0.1, 0.15) is 0 Å². The van der Waals surface area contributed by atoms with E-state index < -0.39 is 0 Å². The van der Waals surface area contributed by atoms with E-state index in [1.165, 1.54) is 0 Å². The number of nitriles is 1. The molecule has 0 aromatic heterocycles. The summed E-state index contributed by atoms with van der Waals surface area (Å²) in [5, 5.41) is 8.42. The molecule has 0 saturated carbocycles. The highest BCUT2D eigenvalue weighted by atomic mass is 14.2. The van der Waals surface area contributed by atoms with Gasteiger partial charge in [-0.2, -0.15) is 5.26 Å². The lowest BCUT2D eigenvalue weighted by atomic mass is 10.2. The first-order valence-electron chi connectivity index (χ1n) is 3.08. The molecule has 0 rings (SSSR count). The van der Waals surface area contributed by atoms with Gasteiger partial charge in [-0.05, 0) is 19.4 Å². The van der Waals surface area contributed by atoms with Crippen LogP contribution in [0.1, 0.15) is 20.3 Å². The molecule has 9 heavy (non-hydrogen) atoms. The van der Waals surface area contributed by atoms with Crippen molar-refractivity contribution in [2.45, 2.75) is 20.3 Å². The molecule has 0 aliphatic heterocycles. The average molecular weight is 121 g/mol. The third-order valence-electron chi connectivity index (χ3n) is 0.899. The Bertz CT molecular complexity index is 158. The predicted molar refractivity (Wildman–Crippen MR) is 38.8 cm³/mol. The maximum Gasteiger partial charge on any atom is 0.0988 e. The third kappa shape index (κ3) is 3.54. The third-order valence-corrected chi connectivity index (χ3v) is 0.899. The zero-order valence-corrected chi connectivity index (χ0v) is 5.89. The van der Waals surface area contributed by atoms with Gasteiger partial charge in [0.05, 0.1) is 6.07 Å². The molecule has 1 heteroatoms. The summed E-state index contributed by atoms with van der Waals surface area (Å²) in [7, 11) is 0. The fraction of sp³-hybridized carbons (Fsp3) is 0.375. The number of hydrogen-bond acceptors (Lipinski definition) is 1. The van der Waals surface area contributed by atoms with Crippen LogP contribution in [0.4, 0.5) is 0 Å². The molecule has 0 aliphatic carbocycles. The van der Waals surface area contributed by atoms with Gasteiger partial charge in [0, 0.05) is 5.57 Å². The molecule has 0 bridgehead atoms. The molecule has 0 atom stereocenters. The highest BCUT2D eigenvalue weighted by Gasteiger charge is 1.82. The molecule has 48 valence electrons. The van der Waals surface area contributed by atoms with Crippen LogP contribution in [0, 0.1) is 11.3 Å². The van der Waals surface area contributed by atoms with Crippen LogP contribution in [-0.4, -0.2) is 0 Å². The van der Waals surface area contributed by atoms with Crippen molar-refractivity contribution in [1.82, 2.24) is 0 Å². The number of rotatable bonds is 2. The van der Waals surface area contributed by atoms with Crippen molar-refractivity contribution in [3.8, 4) is 6.07 Å². The summed E-state index contributed by atoms with van der Waals surface area (Å²) >= 11 is 0. The normalized spacial score (nSPS) is 11.9. The van der Waals surface area contributed by atoms with Gasteiger partial charge in [0.25, 0.3) is 0 Å². The lowest BCUT2D eigenvalue weighted by Crippen LogP contribution is -1.68. The summed E-state index contributed by atoms with van der Waals surface area (Å²) < 4.78 is 0. The molecule has 0 saturated heterocycles. The Morgan fingerprint density at radius 3 is 2.67 bits per heavy atom. The van der Waals surface area contributed by atoms with Gasteiger partial charge in [-0.15, -0.1) is 0 Å². The lowest BCUT2D eigenvalue weighted by Gasteiger charge is -1.82. The maximum absolute atomic E-state index is 8.42. The van der Waals surface area contributed by atoms with Crippen LogP contribution in [0.5, 0.6) is 0 Å². The van der Waals surface area contributed by atoms with Gasteiger partial charge in [-0.25, -0.2) is 0 Å². The molecule has 0 amide bonds. The van der Waals surface area contributed by atoms with Crippen LogP contribution in [0.25, 0.3) is 0 Å². The first kappa shape index (κ1) is 7.97. The molecule has 0 aromatic carbocycles. The monoisotopic (exact) mass is 121 g/mol. The predicted octanol–water partition coefficient (Wildman–Crippen LogP) is 2.42. The van der Waals surface area contributed by atoms with E-state index in [0.29, 0.717) is 0 Å². The summed E-state index contributed by atoms with van der Waals surface area (Å²) in [6.45, 7) is 3.92. The van der Waals surface area contributed by atoms with Crippen molar-refractivity contribution in [3.63, 3.8) is 0 Å². The first-order valence-corrected chi connectivity index (χ1v) is 3.08. The molecule has 0 aliphatic rings. The second kappa shape index (κ2) is 5.11. The van der Waals surface area contributed by atoms with E-state index in [1.54, 1.807) is 0 Å². The van der Waals surface area contributed by atoms with Crippen LogP contribution >= 0.6 is 0 Å². The van der Waals surface area contributed by atoms with E-state index in [2.05, 4.69) is 6.07 Å². The second-order valence-electron chi connectivity index (χ2n) is 1.68. The highest BCUT2D eigenvalue weighted by molar-refractivity contribution is 5.31. The van der Waals surface area contributed by atoms with Gasteiger partial charge < -0.3 is 0 Å². The van der Waals surface area contributed by atoms with Gasteiger partial charge in [0.2, 0.25) is 0 Å². The van der Waals surface area contributed by atoms with Crippen molar-refractivity contribution < 1.29 is 0 Å². The zero-order valence-electron chi connectivity index (χ0n) is 5.89. The SMILES string of the molecule is C/C=C\C(C#N)=C/CC. The van der Waals surface area contributed by atoms with E-state index in [-0.39, 0.29) is 0 Å². The minimum atomic E-state index is 0.750. The van der Waals surface area contributed by atoms with Gasteiger partial charge in [0.15, 0.2) is 0 Å². The van der Waals surface area contributed by atoms with E-state index in [4.69, 9.17) is 5.26 Å². The zero-order chi connectivity index (χ0) is 7.11. The van der Waals surface area contributed by atoms with Gasteiger partial charge in [-0.3, -0.25) is 0 Å². The minimum Gasteiger partial charge on any atom is -0.192 e. The van der Waals surface area contributed by atoms with E-state index >= 15 is 0 Å². The van der Waals surface area contributed by atoms with E-state index in [9.17, 15) is 0 Å². The van der Waals surface area contributed by atoms with Crippen LogP contribution in [0.15, 0.2) is 23.8 Å². The molecule has 0 aromatic rings. The summed E-state index contributed by atoms with van der Waals surface area (Å²) in [4.78, 5) is 0. The van der Waals surface area contributed by atoms with E-state index in [1.807, 2.05) is 32.1 Å². The van der Waals surface area contributed by atoms with Crippen molar-refractivity contribution in [3.05, 3.63) is 23.8 Å². The van der Waals surface area contributed by atoms with Gasteiger partial charge in [-0.1, -0.05) is 19.1 Å². The molecule has 0 fully saturated rings. The summed E-state index contributed by atoms with van der Waals surface area (Å²) in [5.41, 5.74) is 0.750. The van der Waals surface area contributed by atoms with Crippen LogP contribution in [0.2, 0.25) is 0 Å². The maximum atomic E-state index is 8.42. The Morgan fingerprint density at radius 2 is 2.33 bits per heavy atom. The Kier molecular flexibility index (Phi) is 4.53. The van der Waals surface area contributed by atoms with Gasteiger partial charge >= 0.3 is 0 Å². The fourth-order valence-electron chi connectivity index (χ4n) is 0.550. The Morgan fingerprint density at radius 1 is 1.67 bits per heavy atom. The van der Waals surface area contributed by atoms with Crippen molar-refractivity contribution >= 4 is 0 Å². The van der Waals surface area contributed by atoms with Crippen LogP contribution in [0.3, 0.4) is 0 Å². The summed E-state index contributed by atoms with van der Waals surface area (Å²) in [6.07, 6.45) is 6.50. The standard InChI is InChI=1S/C8H11N/c1-3-5-8(7-9)6-4-2/h3,5-6H,4H2,1-2H3/b5-3-,8-6+. The largest absolute Gasteiger partial charge is 0.192 e. The first-order chi connectivity index (χ1) is 4.35. The average Bonchev–Trinajstić information content (AvgIpc) is 1.88. The van der Waals surface area contributed by atoms with Crippen LogP contribution in [-0.2, 0) is 0 Å². The molecule has 1 nitrogen and oxygen atoms in total. The molecular weight excluding hydrogens is 110 g/mol. The minimum absolute atomic E-state index is 0.750. The molecule has 0 radical (unpaired) electrons. The number of allylic oxidation sites excluding steroid dienone is 4. The Labute approximate surface area is 56.3 Å². The lowest BCUT2D eigenvalue weighted by molar-refractivity contribution is 1.21. The van der Waals surface area contributed by atoms with Crippen molar-refractivity contribution in [2.24, 2.45) is 0 Å². The molecular formula is C8H11N. The number of hydrogen-bond donors (Lipinski definition) is 0. The molecule has 0 spiro atoms. The van der Waals surface area contributed by atoms with Crippen molar-refractivity contribution in [1.29, 1.82) is 5.26 Å². The van der Waals surface area contributed by atoms with Crippen molar-refractivity contribution in [2.75, 3.05) is 0 Å². The molecule has 0 unspecified atom stereocenters.